The number of hydrogen-bond donors (Lipinski definition) is 0. The van der Waals surface area contributed by atoms with Crippen LogP contribution in [-0.2, 0) is 21.2 Å². The summed E-state index contributed by atoms with van der Waals surface area (Å²) in [5.74, 6) is 0.0306. The maximum Gasteiger partial charge on any atom is 0.264 e. The zero-order valence-corrected chi connectivity index (χ0v) is 20.1. The van der Waals surface area contributed by atoms with Crippen molar-refractivity contribution in [2.24, 2.45) is 0 Å². The van der Waals surface area contributed by atoms with E-state index < -0.39 is 10.0 Å². The average molecular weight is 465 g/mol. The lowest BCUT2D eigenvalue weighted by Crippen LogP contribution is -2.42. The molecule has 0 saturated heterocycles. The molecule has 7 heteroatoms. The highest BCUT2D eigenvalue weighted by Crippen LogP contribution is 2.36. The number of aromatic nitrogens is 1. The summed E-state index contributed by atoms with van der Waals surface area (Å²) in [5, 5.41) is 0. The van der Waals surface area contributed by atoms with E-state index in [2.05, 4.69) is 4.98 Å². The minimum absolute atomic E-state index is 0.0456. The van der Waals surface area contributed by atoms with Gasteiger partial charge in [0.2, 0.25) is 5.88 Å². The van der Waals surface area contributed by atoms with Gasteiger partial charge in [-0.15, -0.1) is 0 Å². The summed E-state index contributed by atoms with van der Waals surface area (Å²) in [7, 11) is -3.81. The molecule has 0 amide bonds. The monoisotopic (exact) mass is 464 g/mol. The van der Waals surface area contributed by atoms with E-state index >= 15 is 0 Å². The van der Waals surface area contributed by atoms with Crippen LogP contribution in [0, 0.1) is 13.8 Å². The molecule has 33 heavy (non-hydrogen) atoms. The van der Waals surface area contributed by atoms with E-state index in [4.69, 9.17) is 4.74 Å². The Balaban J connectivity index is 1.66. The molecule has 0 radical (unpaired) electrons. The lowest BCUT2D eigenvalue weighted by Gasteiger charge is -2.33. The molecular weight excluding hydrogens is 436 g/mol. The van der Waals surface area contributed by atoms with Gasteiger partial charge >= 0.3 is 0 Å². The Kier molecular flexibility index (Phi) is 6.26. The number of fused-ring (bicyclic) bond motifs is 1. The van der Waals surface area contributed by atoms with Gasteiger partial charge in [0.05, 0.1) is 11.4 Å². The fourth-order valence-electron chi connectivity index (χ4n) is 4.14. The van der Waals surface area contributed by atoms with E-state index in [9.17, 15) is 13.2 Å². The number of Topliss-reactive ketones (excluding diaryl/α,β-unsaturated/α-hetero) is 1. The van der Waals surface area contributed by atoms with Crippen LogP contribution in [0.5, 0.6) is 5.88 Å². The van der Waals surface area contributed by atoms with E-state index in [1.54, 1.807) is 30.5 Å². The van der Waals surface area contributed by atoms with Crippen molar-refractivity contribution >= 4 is 21.5 Å². The number of ketones is 1. The smallest absolute Gasteiger partial charge is 0.264 e. The van der Waals surface area contributed by atoms with Crippen LogP contribution in [0.3, 0.4) is 0 Å². The molecule has 3 aromatic rings. The highest BCUT2D eigenvalue weighted by Gasteiger charge is 2.34. The van der Waals surface area contributed by atoms with Gasteiger partial charge in [-0.3, -0.25) is 9.10 Å². The molecule has 0 saturated carbocycles. The van der Waals surface area contributed by atoms with Gasteiger partial charge < -0.3 is 4.74 Å². The Morgan fingerprint density at radius 1 is 1.15 bits per heavy atom. The molecule has 1 aliphatic heterocycles. The summed E-state index contributed by atoms with van der Waals surface area (Å²) in [5.41, 5.74) is 3.94. The summed E-state index contributed by atoms with van der Waals surface area (Å²) in [4.78, 5) is 17.6. The number of ether oxygens (including phenoxy) is 1. The number of rotatable bonds is 6. The zero-order valence-electron chi connectivity index (χ0n) is 19.3. The number of hydrogen-bond acceptors (Lipinski definition) is 5. The number of benzene rings is 2. The summed E-state index contributed by atoms with van der Waals surface area (Å²) in [6.07, 6.45) is 1.40. The molecule has 1 aliphatic rings. The van der Waals surface area contributed by atoms with Crippen molar-refractivity contribution in [1.82, 2.24) is 4.98 Å². The third-order valence-electron chi connectivity index (χ3n) is 5.99. The minimum atomic E-state index is -3.81. The Morgan fingerprint density at radius 2 is 1.91 bits per heavy atom. The number of aryl methyl sites for hydroxylation is 2. The Morgan fingerprint density at radius 3 is 2.64 bits per heavy atom. The number of carbonyl (C=O) groups is 1. The SMILES string of the molecule is Cc1cccc(S(=O)(=O)N2C[C@H](C)Oc3ncc(CC(=O)C(C)c4ccccc4C)cc32)c1. The molecule has 0 spiro atoms. The van der Waals surface area contributed by atoms with Crippen LogP contribution >= 0.6 is 0 Å². The summed E-state index contributed by atoms with van der Waals surface area (Å²) in [6, 6.07) is 16.4. The second-order valence-electron chi connectivity index (χ2n) is 8.67. The van der Waals surface area contributed by atoms with Crippen LogP contribution in [0.4, 0.5) is 5.69 Å². The molecule has 0 N–H and O–H groups in total. The number of carbonyl (C=O) groups excluding carboxylic acids is 1. The van der Waals surface area contributed by atoms with Crippen molar-refractivity contribution < 1.29 is 17.9 Å². The third kappa shape index (κ3) is 4.64. The fraction of sp³-hybridized carbons (Fsp3) is 0.308. The van der Waals surface area contributed by atoms with Crippen LogP contribution in [0.1, 0.15) is 42.0 Å². The molecule has 6 nitrogen and oxygen atoms in total. The van der Waals surface area contributed by atoms with Crippen molar-refractivity contribution in [3.05, 3.63) is 83.0 Å². The first-order valence-corrected chi connectivity index (χ1v) is 12.4. The molecule has 2 aromatic carbocycles. The first-order valence-electron chi connectivity index (χ1n) is 11.0. The Labute approximate surface area is 195 Å². The topological polar surface area (TPSA) is 76.6 Å². The second-order valence-corrected chi connectivity index (χ2v) is 10.5. The predicted molar refractivity (Wildman–Crippen MR) is 128 cm³/mol. The molecular formula is C26H28N2O4S. The minimum Gasteiger partial charge on any atom is -0.471 e. The molecule has 0 fully saturated rings. The molecule has 172 valence electrons. The van der Waals surface area contributed by atoms with Crippen molar-refractivity contribution in [2.75, 3.05) is 10.8 Å². The third-order valence-corrected chi connectivity index (χ3v) is 7.76. The highest BCUT2D eigenvalue weighted by atomic mass is 32.2. The number of pyridine rings is 1. The van der Waals surface area contributed by atoms with E-state index in [0.717, 1.165) is 16.7 Å². The van der Waals surface area contributed by atoms with Gasteiger partial charge in [0.1, 0.15) is 17.6 Å². The highest BCUT2D eigenvalue weighted by molar-refractivity contribution is 7.92. The first kappa shape index (κ1) is 23.0. The van der Waals surface area contributed by atoms with Gasteiger partial charge in [-0.25, -0.2) is 13.4 Å². The van der Waals surface area contributed by atoms with Crippen LogP contribution in [-0.4, -0.2) is 31.8 Å². The molecule has 0 bridgehead atoms. The fourth-order valence-corrected chi connectivity index (χ4v) is 5.77. The van der Waals surface area contributed by atoms with E-state index in [0.29, 0.717) is 11.3 Å². The first-order chi connectivity index (χ1) is 15.7. The molecule has 0 aliphatic carbocycles. The van der Waals surface area contributed by atoms with Crippen molar-refractivity contribution in [1.29, 1.82) is 0 Å². The number of anilines is 1. The van der Waals surface area contributed by atoms with Gasteiger partial charge in [0.15, 0.2) is 0 Å². The van der Waals surface area contributed by atoms with Gasteiger partial charge in [-0.05, 0) is 61.2 Å². The van der Waals surface area contributed by atoms with E-state index in [1.807, 2.05) is 58.0 Å². The van der Waals surface area contributed by atoms with Crippen molar-refractivity contribution in [3.63, 3.8) is 0 Å². The van der Waals surface area contributed by atoms with Crippen LogP contribution < -0.4 is 9.04 Å². The Bertz CT molecular complexity index is 1300. The van der Waals surface area contributed by atoms with Crippen LogP contribution in [0.15, 0.2) is 65.7 Å². The predicted octanol–water partition coefficient (Wildman–Crippen LogP) is 4.59. The number of sulfonamides is 1. The largest absolute Gasteiger partial charge is 0.471 e. The molecule has 2 atom stereocenters. The van der Waals surface area contributed by atoms with E-state index in [1.165, 1.54) is 4.31 Å². The molecule has 2 heterocycles. The average Bonchev–Trinajstić information content (AvgIpc) is 2.78. The van der Waals surface area contributed by atoms with Crippen molar-refractivity contribution in [2.45, 2.75) is 51.0 Å². The van der Waals surface area contributed by atoms with Crippen LogP contribution in [0.2, 0.25) is 0 Å². The lowest BCUT2D eigenvalue weighted by molar-refractivity contribution is -0.119. The summed E-state index contributed by atoms with van der Waals surface area (Å²) in [6.45, 7) is 7.73. The Hall–Kier alpha value is -3.19. The maximum absolute atomic E-state index is 13.5. The van der Waals surface area contributed by atoms with Gasteiger partial charge in [-0.2, -0.15) is 0 Å². The van der Waals surface area contributed by atoms with Crippen molar-refractivity contribution in [3.8, 4) is 5.88 Å². The van der Waals surface area contributed by atoms with Gasteiger partial charge in [0, 0.05) is 18.5 Å². The summed E-state index contributed by atoms with van der Waals surface area (Å²) < 4.78 is 34.1. The molecule has 1 unspecified atom stereocenters. The second kappa shape index (κ2) is 8.98. The summed E-state index contributed by atoms with van der Waals surface area (Å²) >= 11 is 0. The lowest BCUT2D eigenvalue weighted by atomic mass is 9.90. The van der Waals surface area contributed by atoms with Gasteiger partial charge in [-0.1, -0.05) is 43.3 Å². The molecule has 1 aromatic heterocycles. The molecule has 4 rings (SSSR count). The maximum atomic E-state index is 13.5. The normalized spacial score (nSPS) is 16.6. The standard InChI is InChI=1S/C26H28N2O4S/c1-17-8-7-10-22(12-17)33(30,31)28-16-19(3)32-26-24(28)13-21(15-27-26)14-25(29)20(4)23-11-6-5-9-18(23)2/h5-13,15,19-20H,14,16H2,1-4H3/t19-,20?/m0/s1. The quantitative estimate of drug-likeness (QED) is 0.533. The van der Waals surface area contributed by atoms with Crippen LogP contribution in [0.25, 0.3) is 0 Å². The van der Waals surface area contributed by atoms with Gasteiger partial charge in [0.25, 0.3) is 10.0 Å². The zero-order chi connectivity index (χ0) is 23.8. The van der Waals surface area contributed by atoms with E-state index in [-0.39, 0.29) is 41.5 Å². The number of nitrogens with zero attached hydrogens (tertiary/aromatic N) is 2.